The van der Waals surface area contributed by atoms with Crippen LogP contribution in [0.25, 0.3) is 0 Å². The molecule has 0 saturated carbocycles. The van der Waals surface area contributed by atoms with Crippen molar-refractivity contribution >= 4 is 17.8 Å². The number of carboxylic acid groups (broad SMARTS) is 1. The van der Waals surface area contributed by atoms with Crippen LogP contribution in [0.1, 0.15) is 60.5 Å². The molecule has 1 fully saturated rings. The minimum Gasteiger partial charge on any atom is -0.476 e. The van der Waals surface area contributed by atoms with Gasteiger partial charge in [-0.25, -0.2) is 4.79 Å². The third kappa shape index (κ3) is 4.58. The molecule has 0 spiro atoms. The molecule has 1 aromatic heterocycles. The summed E-state index contributed by atoms with van der Waals surface area (Å²) in [5.41, 5.74) is -0.0248. The van der Waals surface area contributed by atoms with Crippen LogP contribution >= 0.6 is 0 Å². The van der Waals surface area contributed by atoms with Crippen molar-refractivity contribution in [3.8, 4) is 0 Å². The fourth-order valence-electron chi connectivity index (χ4n) is 2.97. The van der Waals surface area contributed by atoms with Crippen LogP contribution in [0.2, 0.25) is 0 Å². The van der Waals surface area contributed by atoms with E-state index in [4.69, 9.17) is 5.11 Å². The summed E-state index contributed by atoms with van der Waals surface area (Å²) in [6.07, 6.45) is 4.24. The lowest BCUT2D eigenvalue weighted by Crippen LogP contribution is -2.46. The molecule has 0 aromatic carbocycles. The zero-order valence-corrected chi connectivity index (χ0v) is 15.1. The maximum Gasteiger partial charge on any atom is 0.356 e. The van der Waals surface area contributed by atoms with E-state index in [1.807, 2.05) is 18.7 Å². The quantitative estimate of drug-likeness (QED) is 0.865. The average molecular weight is 350 g/mol. The summed E-state index contributed by atoms with van der Waals surface area (Å²) in [6, 6.07) is 1.06. The highest BCUT2D eigenvalue weighted by Crippen LogP contribution is 2.13. The van der Waals surface area contributed by atoms with E-state index < -0.39 is 5.97 Å². The van der Waals surface area contributed by atoms with Crippen LogP contribution in [0.3, 0.4) is 0 Å². The van der Waals surface area contributed by atoms with E-state index in [0.29, 0.717) is 0 Å². The Labute approximate surface area is 147 Å². The second-order valence-corrected chi connectivity index (χ2v) is 6.67. The van der Waals surface area contributed by atoms with Crippen molar-refractivity contribution in [3.05, 3.63) is 17.5 Å². The second kappa shape index (κ2) is 8.13. The van der Waals surface area contributed by atoms with Crippen LogP contribution < -0.4 is 0 Å². The summed E-state index contributed by atoms with van der Waals surface area (Å²) in [6.45, 7) is 5.12. The number of hydrogen-bond donors (Lipinski definition) is 1. The summed E-state index contributed by atoms with van der Waals surface area (Å²) in [5.74, 6) is -1.64. The molecular formula is C17H26N4O4. The number of carbonyl (C=O) groups excluding carboxylic acids is 2. The summed E-state index contributed by atoms with van der Waals surface area (Å²) < 4.78 is 1.25. The van der Waals surface area contributed by atoms with Crippen LogP contribution in [-0.2, 0) is 11.8 Å². The standard InChI is InChI=1S/C17H26N4O4/c1-12(2)21(11-15(22)20-8-6-4-5-7-9-20)16(23)14-10-13(17(24)25)18-19(14)3/h10,12H,4-9,11H2,1-3H3,(H,24,25). The number of carbonyl (C=O) groups is 3. The smallest absolute Gasteiger partial charge is 0.356 e. The number of amides is 2. The number of aromatic nitrogens is 2. The van der Waals surface area contributed by atoms with Crippen molar-refractivity contribution in [2.45, 2.75) is 45.6 Å². The lowest BCUT2D eigenvalue weighted by molar-refractivity contribution is -0.132. The highest BCUT2D eigenvalue weighted by atomic mass is 16.4. The fraction of sp³-hybridized carbons (Fsp3) is 0.647. The Bertz CT molecular complexity index is 645. The molecule has 1 aliphatic rings. The van der Waals surface area contributed by atoms with Gasteiger partial charge in [-0.15, -0.1) is 0 Å². The zero-order valence-electron chi connectivity index (χ0n) is 15.1. The van der Waals surface area contributed by atoms with Gasteiger partial charge in [-0.05, 0) is 26.7 Å². The zero-order chi connectivity index (χ0) is 18.6. The Morgan fingerprint density at radius 2 is 1.80 bits per heavy atom. The molecule has 2 rings (SSSR count). The molecule has 0 unspecified atom stereocenters. The molecule has 1 aliphatic heterocycles. The van der Waals surface area contributed by atoms with Gasteiger partial charge in [0.15, 0.2) is 5.69 Å². The van der Waals surface area contributed by atoms with Crippen molar-refractivity contribution in [3.63, 3.8) is 0 Å². The average Bonchev–Trinajstić information content (AvgIpc) is 2.77. The summed E-state index contributed by atoms with van der Waals surface area (Å²) >= 11 is 0. The van der Waals surface area contributed by atoms with E-state index >= 15 is 0 Å². The number of aromatic carboxylic acids is 1. The minimum atomic E-state index is -1.19. The van der Waals surface area contributed by atoms with Gasteiger partial charge in [-0.2, -0.15) is 5.10 Å². The van der Waals surface area contributed by atoms with Crippen LogP contribution in [0.4, 0.5) is 0 Å². The Morgan fingerprint density at radius 1 is 1.20 bits per heavy atom. The molecule has 138 valence electrons. The van der Waals surface area contributed by atoms with Gasteiger partial charge in [-0.1, -0.05) is 12.8 Å². The molecule has 8 nitrogen and oxygen atoms in total. The largest absolute Gasteiger partial charge is 0.476 e. The van der Waals surface area contributed by atoms with E-state index in [2.05, 4.69) is 5.10 Å². The Morgan fingerprint density at radius 3 is 2.28 bits per heavy atom. The number of likely N-dealkylation sites (tertiary alicyclic amines) is 1. The molecule has 25 heavy (non-hydrogen) atoms. The first-order chi connectivity index (χ1) is 11.8. The van der Waals surface area contributed by atoms with Gasteiger partial charge in [0.25, 0.3) is 5.91 Å². The van der Waals surface area contributed by atoms with Gasteiger partial charge < -0.3 is 14.9 Å². The van der Waals surface area contributed by atoms with Gasteiger partial charge in [0.05, 0.1) is 0 Å². The van der Waals surface area contributed by atoms with E-state index in [1.165, 1.54) is 22.7 Å². The first kappa shape index (κ1) is 19.0. The predicted octanol–water partition coefficient (Wildman–Crippen LogP) is 1.37. The maximum absolute atomic E-state index is 12.8. The molecule has 0 radical (unpaired) electrons. The van der Waals surface area contributed by atoms with Crippen LogP contribution in [0.5, 0.6) is 0 Å². The number of aryl methyl sites for hydroxylation is 1. The van der Waals surface area contributed by atoms with Crippen molar-refractivity contribution in [1.29, 1.82) is 0 Å². The molecule has 0 aliphatic carbocycles. The van der Waals surface area contributed by atoms with Gasteiger partial charge in [0.1, 0.15) is 12.2 Å². The first-order valence-corrected chi connectivity index (χ1v) is 8.67. The molecular weight excluding hydrogens is 324 g/mol. The fourth-order valence-corrected chi connectivity index (χ4v) is 2.97. The number of hydrogen-bond acceptors (Lipinski definition) is 4. The first-order valence-electron chi connectivity index (χ1n) is 8.67. The highest BCUT2D eigenvalue weighted by molar-refractivity contribution is 5.97. The SMILES string of the molecule is CC(C)N(CC(=O)N1CCCCCC1)C(=O)c1cc(C(=O)O)nn1C. The topological polar surface area (TPSA) is 95.7 Å². The third-order valence-corrected chi connectivity index (χ3v) is 4.47. The third-order valence-electron chi connectivity index (χ3n) is 4.47. The molecule has 1 aromatic rings. The van der Waals surface area contributed by atoms with Crippen molar-refractivity contribution in [1.82, 2.24) is 19.6 Å². The predicted molar refractivity (Wildman–Crippen MR) is 91.4 cm³/mol. The van der Waals surface area contributed by atoms with Gasteiger partial charge in [-0.3, -0.25) is 14.3 Å². The van der Waals surface area contributed by atoms with Crippen LogP contribution in [0.15, 0.2) is 6.07 Å². The van der Waals surface area contributed by atoms with Gasteiger partial charge >= 0.3 is 5.97 Å². The summed E-state index contributed by atoms with van der Waals surface area (Å²) in [5, 5.41) is 12.9. The van der Waals surface area contributed by atoms with Crippen molar-refractivity contribution in [2.75, 3.05) is 19.6 Å². The van der Waals surface area contributed by atoms with E-state index in [0.717, 1.165) is 38.8 Å². The Balaban J connectivity index is 2.15. The molecule has 0 bridgehead atoms. The molecule has 2 heterocycles. The molecule has 8 heteroatoms. The Hall–Kier alpha value is -2.38. The van der Waals surface area contributed by atoms with E-state index in [9.17, 15) is 14.4 Å². The second-order valence-electron chi connectivity index (χ2n) is 6.67. The molecule has 0 atom stereocenters. The van der Waals surface area contributed by atoms with Crippen LogP contribution in [0, 0.1) is 0 Å². The Kier molecular flexibility index (Phi) is 6.17. The normalized spacial score (nSPS) is 15.1. The molecule has 2 amide bonds. The van der Waals surface area contributed by atoms with Gasteiger partial charge in [0.2, 0.25) is 5.91 Å². The number of rotatable bonds is 5. The summed E-state index contributed by atoms with van der Waals surface area (Å²) in [4.78, 5) is 39.8. The lowest BCUT2D eigenvalue weighted by Gasteiger charge is -2.29. The minimum absolute atomic E-state index is 0.00984. The summed E-state index contributed by atoms with van der Waals surface area (Å²) in [7, 11) is 1.52. The monoisotopic (exact) mass is 350 g/mol. The van der Waals surface area contributed by atoms with E-state index in [1.54, 1.807) is 0 Å². The lowest BCUT2D eigenvalue weighted by atomic mass is 10.2. The van der Waals surface area contributed by atoms with Crippen molar-refractivity contribution in [2.24, 2.45) is 7.05 Å². The number of carboxylic acids is 1. The van der Waals surface area contributed by atoms with Crippen molar-refractivity contribution < 1.29 is 19.5 Å². The van der Waals surface area contributed by atoms with Crippen LogP contribution in [-0.4, -0.2) is 68.1 Å². The highest BCUT2D eigenvalue weighted by Gasteiger charge is 2.27. The maximum atomic E-state index is 12.8. The molecule has 1 N–H and O–H groups in total. The number of nitrogens with zero attached hydrogens (tertiary/aromatic N) is 4. The van der Waals surface area contributed by atoms with Gasteiger partial charge in [0, 0.05) is 32.2 Å². The molecule has 1 saturated heterocycles. The van der Waals surface area contributed by atoms with E-state index in [-0.39, 0.29) is 35.8 Å².